The third-order valence-corrected chi connectivity index (χ3v) is 4.82. The molecular formula is C15H17N3O4S. The van der Waals surface area contributed by atoms with E-state index < -0.39 is 11.9 Å². The molecule has 1 aliphatic rings. The number of ether oxygens (including phenoxy) is 1. The van der Waals surface area contributed by atoms with Crippen molar-refractivity contribution in [2.24, 2.45) is 5.92 Å². The molecule has 1 saturated heterocycles. The summed E-state index contributed by atoms with van der Waals surface area (Å²) in [5, 5.41) is 12.8. The molecule has 1 fully saturated rings. The number of anilines is 1. The number of carboxylic acid groups (broad SMARTS) is 1. The number of urea groups is 1. The van der Waals surface area contributed by atoms with Gasteiger partial charge in [0.25, 0.3) is 0 Å². The molecule has 7 nitrogen and oxygen atoms in total. The SMILES string of the molecule is COc1cc2nc(C)sc2cc1NC(=O)N1CCC(C(=O)O)C1. The molecule has 1 aromatic carbocycles. The minimum atomic E-state index is -0.862. The van der Waals surface area contributed by atoms with Gasteiger partial charge in [0.1, 0.15) is 5.75 Å². The number of thiazole rings is 1. The van der Waals surface area contributed by atoms with Crippen molar-refractivity contribution in [3.63, 3.8) is 0 Å². The number of nitrogens with zero attached hydrogens (tertiary/aromatic N) is 2. The lowest BCUT2D eigenvalue weighted by Gasteiger charge is -2.18. The molecule has 1 aromatic heterocycles. The van der Waals surface area contributed by atoms with Crippen LogP contribution in [0.3, 0.4) is 0 Å². The van der Waals surface area contributed by atoms with Crippen LogP contribution in [-0.2, 0) is 4.79 Å². The van der Waals surface area contributed by atoms with Crippen LogP contribution in [0.5, 0.6) is 5.75 Å². The fourth-order valence-corrected chi connectivity index (χ4v) is 3.53. The van der Waals surface area contributed by atoms with Crippen LogP contribution in [0.2, 0.25) is 0 Å². The van der Waals surface area contributed by atoms with Crippen molar-refractivity contribution in [3.8, 4) is 5.75 Å². The molecule has 8 heteroatoms. The van der Waals surface area contributed by atoms with Crippen molar-refractivity contribution < 1.29 is 19.4 Å². The standard InChI is InChI=1S/C15H17N3O4S/c1-8-16-11-5-12(22-2)10(6-13(11)23-8)17-15(21)18-4-3-9(7-18)14(19)20/h5-6,9H,3-4,7H2,1-2H3,(H,17,21)(H,19,20). The fraction of sp³-hybridized carbons (Fsp3) is 0.400. The number of rotatable bonds is 3. The number of benzene rings is 1. The number of aromatic nitrogens is 1. The summed E-state index contributed by atoms with van der Waals surface area (Å²) in [6.07, 6.45) is 0.479. The topological polar surface area (TPSA) is 91.8 Å². The van der Waals surface area contributed by atoms with Crippen molar-refractivity contribution in [1.29, 1.82) is 0 Å². The van der Waals surface area contributed by atoms with Gasteiger partial charge >= 0.3 is 12.0 Å². The number of carbonyl (C=O) groups is 2. The van der Waals surface area contributed by atoms with Gasteiger partial charge in [0.2, 0.25) is 0 Å². The number of nitrogens with one attached hydrogen (secondary N) is 1. The van der Waals surface area contributed by atoms with E-state index in [0.717, 1.165) is 15.2 Å². The van der Waals surface area contributed by atoms with E-state index in [-0.39, 0.29) is 12.6 Å². The molecule has 2 heterocycles. The van der Waals surface area contributed by atoms with Crippen molar-refractivity contribution >= 4 is 39.2 Å². The quantitative estimate of drug-likeness (QED) is 0.899. The number of carboxylic acids is 1. The predicted molar refractivity (Wildman–Crippen MR) is 87.2 cm³/mol. The smallest absolute Gasteiger partial charge is 0.321 e. The Kier molecular flexibility index (Phi) is 4.08. The average molecular weight is 335 g/mol. The zero-order valence-electron chi connectivity index (χ0n) is 12.8. The number of hydrogen-bond acceptors (Lipinski definition) is 5. The number of carbonyl (C=O) groups excluding carboxylic acids is 1. The van der Waals surface area contributed by atoms with Crippen LogP contribution in [0.15, 0.2) is 12.1 Å². The van der Waals surface area contributed by atoms with Gasteiger partial charge in [-0.3, -0.25) is 4.79 Å². The van der Waals surface area contributed by atoms with E-state index in [0.29, 0.717) is 24.4 Å². The number of hydrogen-bond donors (Lipinski definition) is 2. The van der Waals surface area contributed by atoms with Gasteiger partial charge in [-0.1, -0.05) is 0 Å². The molecular weight excluding hydrogens is 318 g/mol. The Hall–Kier alpha value is -2.35. The molecule has 2 N–H and O–H groups in total. The van der Waals surface area contributed by atoms with Crippen LogP contribution < -0.4 is 10.1 Å². The Bertz CT molecular complexity index is 773. The summed E-state index contributed by atoms with van der Waals surface area (Å²) < 4.78 is 6.28. The lowest BCUT2D eigenvalue weighted by molar-refractivity contribution is -0.141. The van der Waals surface area contributed by atoms with Gasteiger partial charge in [-0.25, -0.2) is 9.78 Å². The van der Waals surface area contributed by atoms with Gasteiger partial charge < -0.3 is 20.1 Å². The first kappa shape index (κ1) is 15.5. The van der Waals surface area contributed by atoms with E-state index in [2.05, 4.69) is 10.3 Å². The monoisotopic (exact) mass is 335 g/mol. The normalized spacial score (nSPS) is 17.5. The average Bonchev–Trinajstić information content (AvgIpc) is 3.11. The van der Waals surface area contributed by atoms with Crippen molar-refractivity contribution in [3.05, 3.63) is 17.1 Å². The summed E-state index contributed by atoms with van der Waals surface area (Å²) in [6.45, 7) is 2.59. The lowest BCUT2D eigenvalue weighted by Crippen LogP contribution is -2.33. The zero-order chi connectivity index (χ0) is 16.6. The van der Waals surface area contributed by atoms with Gasteiger partial charge in [0, 0.05) is 19.2 Å². The highest BCUT2D eigenvalue weighted by Crippen LogP contribution is 2.33. The Labute approximate surface area is 136 Å². The summed E-state index contributed by atoms with van der Waals surface area (Å²) in [5.41, 5.74) is 1.39. The summed E-state index contributed by atoms with van der Waals surface area (Å²) in [7, 11) is 1.53. The molecule has 3 rings (SSSR count). The van der Waals surface area contributed by atoms with Crippen LogP contribution >= 0.6 is 11.3 Å². The second kappa shape index (κ2) is 6.04. The first-order valence-corrected chi connectivity index (χ1v) is 8.03. The van der Waals surface area contributed by atoms with Crippen LogP contribution in [-0.4, -0.2) is 47.2 Å². The third kappa shape index (κ3) is 3.07. The predicted octanol–water partition coefficient (Wildman–Crippen LogP) is 2.55. The molecule has 0 aliphatic carbocycles. The largest absolute Gasteiger partial charge is 0.494 e. The van der Waals surface area contributed by atoms with E-state index in [1.165, 1.54) is 23.3 Å². The van der Waals surface area contributed by atoms with Crippen molar-refractivity contribution in [2.75, 3.05) is 25.5 Å². The lowest BCUT2D eigenvalue weighted by atomic mass is 10.1. The highest BCUT2D eigenvalue weighted by molar-refractivity contribution is 7.18. The second-order valence-electron chi connectivity index (χ2n) is 5.45. The van der Waals surface area contributed by atoms with Crippen LogP contribution in [0.25, 0.3) is 10.2 Å². The van der Waals surface area contributed by atoms with Crippen molar-refractivity contribution in [2.45, 2.75) is 13.3 Å². The number of aliphatic carboxylic acids is 1. The first-order chi connectivity index (χ1) is 11.0. The minimum Gasteiger partial charge on any atom is -0.494 e. The minimum absolute atomic E-state index is 0.228. The molecule has 0 spiro atoms. The molecule has 0 saturated carbocycles. The van der Waals surface area contributed by atoms with Crippen molar-refractivity contribution in [1.82, 2.24) is 9.88 Å². The summed E-state index contributed by atoms with van der Waals surface area (Å²) in [4.78, 5) is 29.3. The maximum Gasteiger partial charge on any atom is 0.321 e. The highest BCUT2D eigenvalue weighted by atomic mass is 32.1. The number of aryl methyl sites for hydroxylation is 1. The van der Waals surface area contributed by atoms with Gasteiger partial charge in [0.15, 0.2) is 0 Å². The van der Waals surface area contributed by atoms with Gasteiger partial charge in [-0.05, 0) is 19.4 Å². The van der Waals surface area contributed by atoms with E-state index >= 15 is 0 Å². The molecule has 2 aromatic rings. The number of fused-ring (bicyclic) bond motifs is 1. The second-order valence-corrected chi connectivity index (χ2v) is 6.69. The Morgan fingerprint density at radius 1 is 1.48 bits per heavy atom. The third-order valence-electron chi connectivity index (χ3n) is 3.88. The maximum atomic E-state index is 12.3. The zero-order valence-corrected chi connectivity index (χ0v) is 13.6. The maximum absolute atomic E-state index is 12.3. The number of likely N-dealkylation sites (tertiary alicyclic amines) is 1. The van der Waals surface area contributed by atoms with Crippen LogP contribution in [0, 0.1) is 12.8 Å². The molecule has 1 atom stereocenters. The molecule has 1 unspecified atom stereocenters. The molecule has 122 valence electrons. The Morgan fingerprint density at radius 3 is 2.91 bits per heavy atom. The molecule has 2 amide bonds. The molecule has 1 aliphatic heterocycles. The summed E-state index contributed by atoms with van der Waals surface area (Å²) >= 11 is 1.54. The van der Waals surface area contributed by atoms with Crippen LogP contribution in [0.4, 0.5) is 10.5 Å². The van der Waals surface area contributed by atoms with E-state index in [9.17, 15) is 9.59 Å². The Morgan fingerprint density at radius 2 is 2.26 bits per heavy atom. The molecule has 0 bridgehead atoms. The summed E-state index contributed by atoms with van der Waals surface area (Å²) in [6, 6.07) is 3.31. The Balaban J connectivity index is 1.80. The van der Waals surface area contributed by atoms with Gasteiger partial charge in [-0.15, -0.1) is 11.3 Å². The number of methoxy groups -OCH3 is 1. The summed E-state index contributed by atoms with van der Waals surface area (Å²) in [5.74, 6) is -0.821. The molecule has 23 heavy (non-hydrogen) atoms. The number of amides is 2. The van der Waals surface area contributed by atoms with E-state index in [1.807, 2.05) is 13.0 Å². The van der Waals surface area contributed by atoms with E-state index in [1.54, 1.807) is 6.07 Å². The van der Waals surface area contributed by atoms with Gasteiger partial charge in [0.05, 0.1) is 33.9 Å². The highest BCUT2D eigenvalue weighted by Gasteiger charge is 2.31. The van der Waals surface area contributed by atoms with Gasteiger partial charge in [-0.2, -0.15) is 0 Å². The first-order valence-electron chi connectivity index (χ1n) is 7.22. The fourth-order valence-electron chi connectivity index (χ4n) is 2.68. The van der Waals surface area contributed by atoms with E-state index in [4.69, 9.17) is 9.84 Å². The van der Waals surface area contributed by atoms with Crippen LogP contribution in [0.1, 0.15) is 11.4 Å². The molecule has 0 radical (unpaired) electrons.